The molecule has 1 aromatic carbocycles. The van der Waals surface area contributed by atoms with Gasteiger partial charge in [-0.1, -0.05) is 12.1 Å². The van der Waals surface area contributed by atoms with E-state index in [0.717, 1.165) is 18.5 Å². The van der Waals surface area contributed by atoms with Crippen molar-refractivity contribution in [2.75, 3.05) is 0 Å². The molecule has 1 atom stereocenters. The fourth-order valence-corrected chi connectivity index (χ4v) is 2.58. The number of aromatic nitrogens is 3. The number of H-pyrrole nitrogens is 1. The van der Waals surface area contributed by atoms with Crippen molar-refractivity contribution in [3.05, 3.63) is 59.3 Å². The van der Waals surface area contributed by atoms with Crippen molar-refractivity contribution in [2.24, 2.45) is 0 Å². The highest BCUT2D eigenvalue weighted by Gasteiger charge is 2.26. The molecule has 1 fully saturated rings. The first-order valence-corrected chi connectivity index (χ1v) is 7.70. The number of aliphatic hydroxyl groups is 1. The molecule has 1 aliphatic rings. The van der Waals surface area contributed by atoms with Crippen molar-refractivity contribution in [3.63, 3.8) is 0 Å². The molecular formula is C17H15FN4O2. The number of carbonyl (C=O) groups excluding carboxylic acids is 1. The maximum Gasteiger partial charge on any atom is 0.257 e. The maximum absolute atomic E-state index is 12.9. The fraction of sp³-hybridized carbons (Fsp3) is 0.235. The van der Waals surface area contributed by atoms with Crippen molar-refractivity contribution in [2.45, 2.75) is 25.0 Å². The third kappa shape index (κ3) is 2.74. The second-order valence-corrected chi connectivity index (χ2v) is 5.90. The molecule has 0 saturated heterocycles. The third-order valence-corrected chi connectivity index (χ3v) is 4.09. The topological polar surface area (TPSA) is 90.9 Å². The van der Waals surface area contributed by atoms with Gasteiger partial charge in [0.05, 0.1) is 17.5 Å². The van der Waals surface area contributed by atoms with Crippen LogP contribution >= 0.6 is 0 Å². The number of nitrogens with one attached hydrogen (secondary N) is 2. The molecule has 3 N–H and O–H groups in total. The number of aromatic amines is 1. The summed E-state index contributed by atoms with van der Waals surface area (Å²) in [6.07, 6.45) is 4.20. The predicted molar refractivity (Wildman–Crippen MR) is 84.7 cm³/mol. The van der Waals surface area contributed by atoms with Crippen LogP contribution in [0.2, 0.25) is 0 Å². The van der Waals surface area contributed by atoms with E-state index in [4.69, 9.17) is 0 Å². The lowest BCUT2D eigenvalue weighted by molar-refractivity contribution is 0.0785. The van der Waals surface area contributed by atoms with Crippen LogP contribution in [0.15, 0.2) is 36.7 Å². The summed E-state index contributed by atoms with van der Waals surface area (Å²) in [6.45, 7) is 0. The second-order valence-electron chi connectivity index (χ2n) is 5.90. The summed E-state index contributed by atoms with van der Waals surface area (Å²) in [5.41, 5.74) is 2.62. The highest BCUT2D eigenvalue weighted by Crippen LogP contribution is 2.39. The van der Waals surface area contributed by atoms with Crippen LogP contribution in [-0.2, 0) is 0 Å². The van der Waals surface area contributed by atoms with Crippen LogP contribution in [0.3, 0.4) is 0 Å². The summed E-state index contributed by atoms with van der Waals surface area (Å²) in [6, 6.07) is 5.29. The van der Waals surface area contributed by atoms with Gasteiger partial charge in [-0.15, -0.1) is 0 Å². The Morgan fingerprint density at radius 1 is 1.33 bits per heavy atom. The quantitative estimate of drug-likeness (QED) is 0.642. The number of hydrogen-bond acceptors (Lipinski definition) is 4. The number of fused-ring (bicyclic) bond motifs is 1. The van der Waals surface area contributed by atoms with Crippen LogP contribution in [0.25, 0.3) is 11.2 Å². The van der Waals surface area contributed by atoms with Crippen molar-refractivity contribution in [1.82, 2.24) is 20.3 Å². The van der Waals surface area contributed by atoms with E-state index in [0.29, 0.717) is 28.2 Å². The molecule has 0 bridgehead atoms. The van der Waals surface area contributed by atoms with E-state index in [1.54, 1.807) is 6.20 Å². The van der Waals surface area contributed by atoms with Crippen LogP contribution in [0.4, 0.5) is 4.39 Å². The zero-order chi connectivity index (χ0) is 16.7. The zero-order valence-corrected chi connectivity index (χ0v) is 12.7. The van der Waals surface area contributed by atoms with Gasteiger partial charge in [-0.3, -0.25) is 4.79 Å². The summed E-state index contributed by atoms with van der Waals surface area (Å²) in [5.74, 6) is -0.449. The number of hydrogen-bond donors (Lipinski definition) is 3. The molecule has 2 aromatic heterocycles. The second kappa shape index (κ2) is 5.68. The van der Waals surface area contributed by atoms with Crippen LogP contribution < -0.4 is 5.32 Å². The molecule has 1 saturated carbocycles. The summed E-state index contributed by atoms with van der Waals surface area (Å²) in [4.78, 5) is 24.2. The Bertz CT molecular complexity index is 903. The SMILES string of the molecule is O=C(NC(O)c1ccc(F)cc1)c1c[nH]c2ncc(C3CC3)nc12. The van der Waals surface area contributed by atoms with E-state index in [-0.39, 0.29) is 0 Å². The predicted octanol–water partition coefficient (Wildman–Crippen LogP) is 2.40. The fourth-order valence-electron chi connectivity index (χ4n) is 2.58. The van der Waals surface area contributed by atoms with Gasteiger partial charge in [-0.2, -0.15) is 0 Å². The van der Waals surface area contributed by atoms with Gasteiger partial charge in [0.2, 0.25) is 0 Å². The van der Waals surface area contributed by atoms with Gasteiger partial charge < -0.3 is 15.4 Å². The Kier molecular flexibility index (Phi) is 3.50. The molecule has 0 radical (unpaired) electrons. The van der Waals surface area contributed by atoms with Gasteiger partial charge in [0.15, 0.2) is 11.9 Å². The first-order chi connectivity index (χ1) is 11.6. The van der Waals surface area contributed by atoms with E-state index in [9.17, 15) is 14.3 Å². The minimum absolute atomic E-state index is 0.321. The van der Waals surface area contributed by atoms with E-state index in [2.05, 4.69) is 20.3 Å². The standard InChI is InChI=1S/C17H15FN4O2/c18-11-5-3-10(4-6-11)16(23)22-17(24)12-7-19-15-14(12)21-13(8-20-15)9-1-2-9/h3-9,16,23H,1-2H2,(H,19,20)(H,22,24). The summed E-state index contributed by atoms with van der Waals surface area (Å²) >= 11 is 0. The van der Waals surface area contributed by atoms with Gasteiger partial charge in [-0.05, 0) is 25.0 Å². The number of amides is 1. The molecule has 6 nitrogen and oxygen atoms in total. The summed E-state index contributed by atoms with van der Waals surface area (Å²) in [5, 5.41) is 12.6. The minimum atomic E-state index is -1.23. The highest BCUT2D eigenvalue weighted by molar-refractivity contribution is 6.04. The zero-order valence-electron chi connectivity index (χ0n) is 12.7. The Labute approximate surface area is 136 Å². The number of halogens is 1. The van der Waals surface area contributed by atoms with Crippen LogP contribution in [0, 0.1) is 5.82 Å². The first-order valence-electron chi connectivity index (χ1n) is 7.70. The van der Waals surface area contributed by atoms with Gasteiger partial charge in [0.1, 0.15) is 11.3 Å². The number of rotatable bonds is 4. The van der Waals surface area contributed by atoms with Crippen molar-refractivity contribution in [1.29, 1.82) is 0 Å². The molecule has 1 unspecified atom stereocenters. The lowest BCUT2D eigenvalue weighted by Gasteiger charge is -2.12. The normalized spacial score (nSPS) is 15.4. The van der Waals surface area contributed by atoms with Gasteiger partial charge in [0, 0.05) is 17.7 Å². The van der Waals surface area contributed by atoms with Crippen LogP contribution in [0.5, 0.6) is 0 Å². The lowest BCUT2D eigenvalue weighted by atomic mass is 10.2. The van der Waals surface area contributed by atoms with E-state index < -0.39 is 18.0 Å². The molecule has 0 aliphatic heterocycles. The highest BCUT2D eigenvalue weighted by atomic mass is 19.1. The van der Waals surface area contributed by atoms with Crippen molar-refractivity contribution >= 4 is 17.1 Å². The molecule has 1 amide bonds. The van der Waals surface area contributed by atoms with E-state index in [1.165, 1.54) is 30.5 Å². The molecular weight excluding hydrogens is 311 g/mol. The Morgan fingerprint density at radius 3 is 2.79 bits per heavy atom. The van der Waals surface area contributed by atoms with Crippen LogP contribution in [0.1, 0.15) is 46.6 Å². The van der Waals surface area contributed by atoms with E-state index in [1.807, 2.05) is 0 Å². The summed E-state index contributed by atoms with van der Waals surface area (Å²) in [7, 11) is 0. The molecule has 3 aromatic rings. The number of aliphatic hydroxyl groups excluding tert-OH is 1. The Balaban J connectivity index is 1.58. The molecule has 4 rings (SSSR count). The molecule has 0 spiro atoms. The number of carbonyl (C=O) groups is 1. The molecule has 7 heteroatoms. The van der Waals surface area contributed by atoms with Crippen LogP contribution in [-0.4, -0.2) is 26.0 Å². The minimum Gasteiger partial charge on any atom is -0.369 e. The Hall–Kier alpha value is -2.80. The monoisotopic (exact) mass is 326 g/mol. The third-order valence-electron chi connectivity index (χ3n) is 4.09. The molecule has 1 aliphatic carbocycles. The largest absolute Gasteiger partial charge is 0.369 e. The maximum atomic E-state index is 12.9. The van der Waals surface area contributed by atoms with Crippen molar-refractivity contribution in [3.8, 4) is 0 Å². The average molecular weight is 326 g/mol. The Morgan fingerprint density at radius 2 is 2.08 bits per heavy atom. The molecule has 2 heterocycles. The molecule has 24 heavy (non-hydrogen) atoms. The number of nitrogens with zero attached hydrogens (tertiary/aromatic N) is 2. The van der Waals surface area contributed by atoms with Crippen molar-refractivity contribution < 1.29 is 14.3 Å². The lowest BCUT2D eigenvalue weighted by Crippen LogP contribution is -2.28. The number of benzene rings is 1. The smallest absolute Gasteiger partial charge is 0.257 e. The summed E-state index contributed by atoms with van der Waals surface area (Å²) < 4.78 is 12.9. The van der Waals surface area contributed by atoms with Gasteiger partial charge >= 0.3 is 0 Å². The van der Waals surface area contributed by atoms with Gasteiger partial charge in [0.25, 0.3) is 5.91 Å². The van der Waals surface area contributed by atoms with Gasteiger partial charge in [-0.25, -0.2) is 14.4 Å². The van der Waals surface area contributed by atoms with E-state index >= 15 is 0 Å². The first kappa shape index (κ1) is 14.8. The average Bonchev–Trinajstić information content (AvgIpc) is 3.34. The molecule has 122 valence electrons.